The standard InChI is InChI=1S/C15H28N2O3S/c1-13(14-8-4-2-5-9-14)12-15(18)16-21(19,20)17-10-6-3-7-11-17/h13-14H,2-12H2,1H3,(H,16,18)/t13-/m0/s1. The molecule has 0 spiro atoms. The lowest BCUT2D eigenvalue weighted by Crippen LogP contribution is -2.46. The molecule has 0 unspecified atom stereocenters. The molecule has 1 heterocycles. The molecule has 5 nitrogen and oxygen atoms in total. The Hall–Kier alpha value is -0.620. The molecular weight excluding hydrogens is 288 g/mol. The van der Waals surface area contributed by atoms with Gasteiger partial charge in [0.25, 0.3) is 0 Å². The molecular formula is C15H28N2O3S. The molecule has 1 saturated carbocycles. The number of nitrogens with one attached hydrogen (secondary N) is 1. The van der Waals surface area contributed by atoms with Crippen molar-refractivity contribution < 1.29 is 13.2 Å². The fourth-order valence-corrected chi connectivity index (χ4v) is 4.76. The largest absolute Gasteiger partial charge is 0.303 e. The van der Waals surface area contributed by atoms with Gasteiger partial charge in [0.2, 0.25) is 5.91 Å². The first kappa shape index (κ1) is 16.7. The normalized spacial score (nSPS) is 23.7. The molecule has 1 N–H and O–H groups in total. The number of hydrogen-bond acceptors (Lipinski definition) is 3. The molecule has 1 amide bonds. The zero-order valence-corrected chi connectivity index (χ0v) is 13.8. The summed E-state index contributed by atoms with van der Waals surface area (Å²) in [7, 11) is -3.63. The van der Waals surface area contributed by atoms with E-state index in [1.807, 2.05) is 0 Å². The topological polar surface area (TPSA) is 66.5 Å². The summed E-state index contributed by atoms with van der Waals surface area (Å²) in [4.78, 5) is 12.0. The maximum absolute atomic E-state index is 12.1. The summed E-state index contributed by atoms with van der Waals surface area (Å²) in [6.07, 6.45) is 9.27. The third-order valence-corrected chi connectivity index (χ3v) is 6.39. The van der Waals surface area contributed by atoms with Gasteiger partial charge in [0.15, 0.2) is 0 Å². The van der Waals surface area contributed by atoms with Gasteiger partial charge in [-0.05, 0) is 24.7 Å². The van der Waals surface area contributed by atoms with Crippen LogP contribution in [0.15, 0.2) is 0 Å². The smallest absolute Gasteiger partial charge is 0.274 e. The number of carbonyl (C=O) groups excluding carboxylic acids is 1. The zero-order valence-electron chi connectivity index (χ0n) is 13.0. The van der Waals surface area contributed by atoms with E-state index in [0.717, 1.165) is 19.3 Å². The molecule has 0 aromatic rings. The second-order valence-corrected chi connectivity index (χ2v) is 8.24. The summed E-state index contributed by atoms with van der Waals surface area (Å²) in [5.41, 5.74) is 0. The number of carbonyl (C=O) groups is 1. The molecule has 0 bridgehead atoms. The van der Waals surface area contributed by atoms with Crippen LogP contribution in [-0.4, -0.2) is 31.7 Å². The molecule has 2 rings (SSSR count). The van der Waals surface area contributed by atoms with Crippen LogP contribution < -0.4 is 4.72 Å². The van der Waals surface area contributed by atoms with Crippen molar-refractivity contribution >= 4 is 16.1 Å². The van der Waals surface area contributed by atoms with Crippen LogP contribution in [0.25, 0.3) is 0 Å². The van der Waals surface area contributed by atoms with E-state index in [1.165, 1.54) is 36.4 Å². The van der Waals surface area contributed by atoms with Crippen LogP contribution in [0.3, 0.4) is 0 Å². The van der Waals surface area contributed by atoms with Crippen molar-refractivity contribution in [3.8, 4) is 0 Å². The molecule has 6 heteroatoms. The maximum Gasteiger partial charge on any atom is 0.303 e. The van der Waals surface area contributed by atoms with Crippen molar-refractivity contribution in [1.29, 1.82) is 0 Å². The van der Waals surface area contributed by atoms with E-state index in [2.05, 4.69) is 11.6 Å². The quantitative estimate of drug-likeness (QED) is 0.847. The number of nitrogens with zero attached hydrogens (tertiary/aromatic N) is 1. The summed E-state index contributed by atoms with van der Waals surface area (Å²) in [6.45, 7) is 3.13. The van der Waals surface area contributed by atoms with Gasteiger partial charge in [-0.1, -0.05) is 45.4 Å². The molecule has 0 aromatic carbocycles. The Morgan fingerprint density at radius 2 is 1.67 bits per heavy atom. The SMILES string of the molecule is C[C@@H](CC(=O)NS(=O)(=O)N1CCCCC1)C1CCCCC1. The summed E-state index contributed by atoms with van der Waals surface area (Å²) < 4.78 is 28.0. The Kier molecular flexibility index (Phi) is 6.05. The minimum absolute atomic E-state index is 0.266. The highest BCUT2D eigenvalue weighted by Gasteiger charge is 2.28. The first-order valence-corrected chi connectivity index (χ1v) is 9.74. The second-order valence-electron chi connectivity index (χ2n) is 6.57. The first-order valence-electron chi connectivity index (χ1n) is 8.30. The molecule has 1 aliphatic heterocycles. The van der Waals surface area contributed by atoms with Gasteiger partial charge >= 0.3 is 10.2 Å². The highest BCUT2D eigenvalue weighted by molar-refractivity contribution is 7.87. The lowest BCUT2D eigenvalue weighted by molar-refractivity contribution is -0.120. The highest BCUT2D eigenvalue weighted by atomic mass is 32.2. The van der Waals surface area contributed by atoms with E-state index >= 15 is 0 Å². The van der Waals surface area contributed by atoms with E-state index in [9.17, 15) is 13.2 Å². The van der Waals surface area contributed by atoms with E-state index in [-0.39, 0.29) is 11.8 Å². The predicted molar refractivity (Wildman–Crippen MR) is 82.8 cm³/mol. The summed E-state index contributed by atoms with van der Waals surface area (Å²) in [6, 6.07) is 0. The third kappa shape index (κ3) is 4.95. The summed E-state index contributed by atoms with van der Waals surface area (Å²) >= 11 is 0. The molecule has 21 heavy (non-hydrogen) atoms. The van der Waals surface area contributed by atoms with Gasteiger partial charge in [-0.15, -0.1) is 0 Å². The van der Waals surface area contributed by atoms with Crippen LogP contribution in [0.5, 0.6) is 0 Å². The number of rotatable bonds is 5. The number of piperidine rings is 1. The lowest BCUT2D eigenvalue weighted by Gasteiger charge is -2.28. The monoisotopic (exact) mass is 316 g/mol. The molecule has 0 radical (unpaired) electrons. The predicted octanol–water partition coefficient (Wildman–Crippen LogP) is 2.44. The average molecular weight is 316 g/mol. The Labute approximate surface area is 128 Å². The van der Waals surface area contributed by atoms with Gasteiger partial charge in [-0.2, -0.15) is 12.7 Å². The molecule has 2 fully saturated rings. The Balaban J connectivity index is 1.82. The van der Waals surface area contributed by atoms with Crippen LogP contribution in [0.1, 0.15) is 64.7 Å². The molecule has 1 aliphatic carbocycles. The Bertz CT molecular complexity index is 438. The van der Waals surface area contributed by atoms with Crippen molar-refractivity contribution in [2.24, 2.45) is 11.8 Å². The van der Waals surface area contributed by atoms with Gasteiger partial charge in [0, 0.05) is 19.5 Å². The minimum Gasteiger partial charge on any atom is -0.274 e. The maximum atomic E-state index is 12.1. The highest BCUT2D eigenvalue weighted by Crippen LogP contribution is 2.31. The molecule has 2 aliphatic rings. The van der Waals surface area contributed by atoms with Crippen molar-refractivity contribution in [3.63, 3.8) is 0 Å². The van der Waals surface area contributed by atoms with E-state index in [4.69, 9.17) is 0 Å². The van der Waals surface area contributed by atoms with Crippen LogP contribution in [0, 0.1) is 11.8 Å². The van der Waals surface area contributed by atoms with E-state index in [0.29, 0.717) is 25.4 Å². The number of amides is 1. The average Bonchev–Trinajstić information content (AvgIpc) is 2.48. The van der Waals surface area contributed by atoms with Crippen LogP contribution >= 0.6 is 0 Å². The third-order valence-electron chi connectivity index (χ3n) is 4.86. The van der Waals surface area contributed by atoms with E-state index < -0.39 is 10.2 Å². The summed E-state index contributed by atoms with van der Waals surface area (Å²) in [5, 5.41) is 0. The van der Waals surface area contributed by atoms with Gasteiger partial charge < -0.3 is 0 Å². The lowest BCUT2D eigenvalue weighted by atomic mass is 9.79. The van der Waals surface area contributed by atoms with Crippen molar-refractivity contribution in [3.05, 3.63) is 0 Å². The van der Waals surface area contributed by atoms with Crippen LogP contribution in [0.4, 0.5) is 0 Å². The van der Waals surface area contributed by atoms with Gasteiger partial charge in [0.05, 0.1) is 0 Å². The first-order chi connectivity index (χ1) is 9.99. The molecule has 1 saturated heterocycles. The summed E-state index contributed by atoms with van der Waals surface area (Å²) in [5.74, 6) is 0.489. The van der Waals surface area contributed by atoms with Crippen LogP contribution in [-0.2, 0) is 15.0 Å². The fraction of sp³-hybridized carbons (Fsp3) is 0.933. The Morgan fingerprint density at radius 1 is 1.10 bits per heavy atom. The minimum atomic E-state index is -3.63. The molecule has 1 atom stereocenters. The van der Waals surface area contributed by atoms with Crippen LogP contribution in [0.2, 0.25) is 0 Å². The van der Waals surface area contributed by atoms with Crippen molar-refractivity contribution in [2.45, 2.75) is 64.7 Å². The molecule has 0 aromatic heterocycles. The van der Waals surface area contributed by atoms with Crippen molar-refractivity contribution in [2.75, 3.05) is 13.1 Å². The van der Waals surface area contributed by atoms with E-state index in [1.54, 1.807) is 0 Å². The molecule has 122 valence electrons. The fourth-order valence-electron chi connectivity index (χ4n) is 3.52. The Morgan fingerprint density at radius 3 is 2.29 bits per heavy atom. The zero-order chi connectivity index (χ0) is 15.3. The van der Waals surface area contributed by atoms with Crippen molar-refractivity contribution in [1.82, 2.24) is 9.03 Å². The number of hydrogen-bond donors (Lipinski definition) is 1. The second kappa shape index (κ2) is 7.58. The van der Waals surface area contributed by atoms with Gasteiger partial charge in [0.1, 0.15) is 0 Å². The van der Waals surface area contributed by atoms with Gasteiger partial charge in [-0.3, -0.25) is 4.79 Å². The van der Waals surface area contributed by atoms with Gasteiger partial charge in [-0.25, -0.2) is 4.72 Å².